The molecule has 27 heavy (non-hydrogen) atoms. The maximum absolute atomic E-state index is 13.3. The summed E-state index contributed by atoms with van der Waals surface area (Å²) in [5.74, 6) is 0.863. The number of nitrogens with one attached hydrogen (secondary N) is 2. The molecule has 0 bridgehead atoms. The lowest BCUT2D eigenvalue weighted by atomic mass is 9.89. The van der Waals surface area contributed by atoms with Crippen LogP contribution in [0.3, 0.4) is 0 Å². The lowest BCUT2D eigenvalue weighted by Gasteiger charge is -2.22. The number of benzene rings is 1. The van der Waals surface area contributed by atoms with E-state index in [1.807, 2.05) is 24.9 Å². The molecule has 1 fully saturated rings. The number of aliphatic imine (C=N–C) groups is 1. The number of rotatable bonds is 7. The van der Waals surface area contributed by atoms with Crippen molar-refractivity contribution in [2.75, 3.05) is 26.7 Å². The Hall–Kier alpha value is -1.38. The van der Waals surface area contributed by atoms with Crippen LogP contribution in [-0.4, -0.2) is 43.4 Å². The van der Waals surface area contributed by atoms with E-state index in [-0.39, 0.29) is 41.6 Å². The number of carbonyl (C=O) groups excluding carboxylic acids is 1. The standard InChI is InChI=1S/C20H31FN4O.HI/c1-3-22-20(25(2)15-16-8-7-11-18(21)14-16)24-13-12-23-19(26)17-9-5-4-6-10-17;/h7-8,11,14,17H,3-6,9-10,12-13,15H2,1-2H3,(H,22,24)(H,23,26);1H. The van der Waals surface area contributed by atoms with E-state index in [1.54, 1.807) is 6.07 Å². The number of guanidine groups is 1. The van der Waals surface area contributed by atoms with Gasteiger partial charge in [0.15, 0.2) is 5.96 Å². The predicted molar refractivity (Wildman–Crippen MR) is 119 cm³/mol. The van der Waals surface area contributed by atoms with Crippen molar-refractivity contribution in [1.82, 2.24) is 15.5 Å². The summed E-state index contributed by atoms with van der Waals surface area (Å²) >= 11 is 0. The minimum atomic E-state index is -0.233. The van der Waals surface area contributed by atoms with Gasteiger partial charge >= 0.3 is 0 Å². The van der Waals surface area contributed by atoms with Gasteiger partial charge in [-0.05, 0) is 37.5 Å². The van der Waals surface area contributed by atoms with E-state index in [0.717, 1.165) is 43.8 Å². The maximum atomic E-state index is 13.3. The van der Waals surface area contributed by atoms with E-state index in [9.17, 15) is 9.18 Å². The fourth-order valence-corrected chi connectivity index (χ4v) is 3.30. The van der Waals surface area contributed by atoms with Crippen molar-refractivity contribution in [3.8, 4) is 0 Å². The van der Waals surface area contributed by atoms with E-state index in [2.05, 4.69) is 15.6 Å². The quantitative estimate of drug-likeness (QED) is 0.266. The highest BCUT2D eigenvalue weighted by Crippen LogP contribution is 2.23. The fraction of sp³-hybridized carbons (Fsp3) is 0.600. The SMILES string of the molecule is CCNC(=NCCNC(=O)C1CCCCC1)N(C)Cc1cccc(F)c1.I. The highest BCUT2D eigenvalue weighted by molar-refractivity contribution is 14.0. The highest BCUT2D eigenvalue weighted by atomic mass is 127. The molecular formula is C20H32FIN4O. The minimum absolute atomic E-state index is 0. The average Bonchev–Trinajstić information content (AvgIpc) is 2.64. The van der Waals surface area contributed by atoms with Gasteiger partial charge in [-0.2, -0.15) is 0 Å². The largest absolute Gasteiger partial charge is 0.357 e. The molecule has 0 atom stereocenters. The van der Waals surface area contributed by atoms with Crippen LogP contribution in [0.25, 0.3) is 0 Å². The first-order valence-electron chi connectivity index (χ1n) is 9.61. The third kappa shape index (κ3) is 8.45. The van der Waals surface area contributed by atoms with Crippen molar-refractivity contribution < 1.29 is 9.18 Å². The zero-order valence-electron chi connectivity index (χ0n) is 16.3. The Morgan fingerprint density at radius 3 is 2.67 bits per heavy atom. The van der Waals surface area contributed by atoms with Crippen LogP contribution in [-0.2, 0) is 11.3 Å². The molecule has 152 valence electrons. The normalized spacial score (nSPS) is 15.0. The maximum Gasteiger partial charge on any atom is 0.223 e. The van der Waals surface area contributed by atoms with Crippen molar-refractivity contribution in [3.05, 3.63) is 35.6 Å². The van der Waals surface area contributed by atoms with Gasteiger partial charge in [0, 0.05) is 32.6 Å². The summed E-state index contributed by atoms with van der Waals surface area (Å²) in [6, 6.07) is 6.58. The van der Waals surface area contributed by atoms with Crippen LogP contribution >= 0.6 is 24.0 Å². The summed E-state index contributed by atoms with van der Waals surface area (Å²) in [6.45, 7) is 4.39. The van der Waals surface area contributed by atoms with E-state index >= 15 is 0 Å². The number of nitrogens with zero attached hydrogens (tertiary/aromatic N) is 2. The smallest absolute Gasteiger partial charge is 0.223 e. The molecule has 0 radical (unpaired) electrons. The second-order valence-electron chi connectivity index (χ2n) is 6.85. The summed E-state index contributed by atoms with van der Waals surface area (Å²) in [5, 5.41) is 6.24. The number of hydrogen-bond donors (Lipinski definition) is 2. The molecule has 5 nitrogen and oxygen atoms in total. The molecule has 1 amide bonds. The molecule has 0 unspecified atom stereocenters. The molecule has 0 aromatic heterocycles. The zero-order chi connectivity index (χ0) is 18.8. The molecule has 2 N–H and O–H groups in total. The van der Waals surface area contributed by atoms with Crippen molar-refractivity contribution in [2.24, 2.45) is 10.9 Å². The van der Waals surface area contributed by atoms with Gasteiger partial charge in [0.1, 0.15) is 5.82 Å². The summed E-state index contributed by atoms with van der Waals surface area (Å²) in [6.07, 6.45) is 5.58. The van der Waals surface area contributed by atoms with Gasteiger partial charge in [0.2, 0.25) is 5.91 Å². The molecule has 1 aliphatic rings. The molecule has 1 saturated carbocycles. The molecule has 1 aromatic carbocycles. The van der Waals surface area contributed by atoms with E-state index in [4.69, 9.17) is 0 Å². The van der Waals surface area contributed by atoms with Crippen molar-refractivity contribution in [1.29, 1.82) is 0 Å². The molecule has 0 spiro atoms. The van der Waals surface area contributed by atoms with Gasteiger partial charge in [-0.15, -0.1) is 24.0 Å². The van der Waals surface area contributed by atoms with E-state index in [0.29, 0.717) is 19.6 Å². The zero-order valence-corrected chi connectivity index (χ0v) is 18.7. The third-order valence-corrected chi connectivity index (χ3v) is 4.65. The second-order valence-corrected chi connectivity index (χ2v) is 6.85. The van der Waals surface area contributed by atoms with E-state index < -0.39 is 0 Å². The summed E-state index contributed by atoms with van der Waals surface area (Å²) in [7, 11) is 1.92. The van der Waals surface area contributed by atoms with Crippen molar-refractivity contribution in [3.63, 3.8) is 0 Å². The summed E-state index contributed by atoms with van der Waals surface area (Å²) in [4.78, 5) is 18.7. The third-order valence-electron chi connectivity index (χ3n) is 4.65. The van der Waals surface area contributed by atoms with Crippen molar-refractivity contribution in [2.45, 2.75) is 45.6 Å². The first kappa shape index (κ1) is 23.7. The number of carbonyl (C=O) groups is 1. The summed E-state index contributed by atoms with van der Waals surface area (Å²) < 4.78 is 13.3. The Morgan fingerprint density at radius 2 is 2.00 bits per heavy atom. The van der Waals surface area contributed by atoms with Crippen LogP contribution in [0, 0.1) is 11.7 Å². The fourth-order valence-electron chi connectivity index (χ4n) is 3.30. The first-order chi connectivity index (χ1) is 12.6. The predicted octanol–water partition coefficient (Wildman–Crippen LogP) is 3.54. The molecule has 0 heterocycles. The van der Waals surface area contributed by atoms with Gasteiger partial charge in [0.05, 0.1) is 6.54 Å². The Kier molecular flexibility index (Phi) is 11.3. The Balaban J connectivity index is 0.00000364. The number of amides is 1. The summed E-state index contributed by atoms with van der Waals surface area (Å²) in [5.41, 5.74) is 0.892. The van der Waals surface area contributed by atoms with Crippen LogP contribution < -0.4 is 10.6 Å². The molecule has 1 aliphatic carbocycles. The van der Waals surface area contributed by atoms with Gasteiger partial charge in [-0.3, -0.25) is 9.79 Å². The van der Waals surface area contributed by atoms with Crippen molar-refractivity contribution >= 4 is 35.8 Å². The Labute approximate surface area is 179 Å². The van der Waals surface area contributed by atoms with Crippen LogP contribution in [0.15, 0.2) is 29.3 Å². The molecule has 0 aliphatic heterocycles. The van der Waals surface area contributed by atoms with Gasteiger partial charge in [0.25, 0.3) is 0 Å². The van der Waals surface area contributed by atoms with Crippen LogP contribution in [0.5, 0.6) is 0 Å². The van der Waals surface area contributed by atoms with Gasteiger partial charge < -0.3 is 15.5 Å². The molecule has 1 aromatic rings. The van der Waals surface area contributed by atoms with E-state index in [1.165, 1.54) is 18.6 Å². The molecule has 2 rings (SSSR count). The highest BCUT2D eigenvalue weighted by Gasteiger charge is 2.20. The molecule has 0 saturated heterocycles. The molecule has 7 heteroatoms. The monoisotopic (exact) mass is 490 g/mol. The average molecular weight is 490 g/mol. The number of hydrogen-bond acceptors (Lipinski definition) is 2. The van der Waals surface area contributed by atoms with Crippen LogP contribution in [0.4, 0.5) is 4.39 Å². The van der Waals surface area contributed by atoms with Gasteiger partial charge in [-0.25, -0.2) is 4.39 Å². The lowest BCUT2D eigenvalue weighted by molar-refractivity contribution is -0.125. The lowest BCUT2D eigenvalue weighted by Crippen LogP contribution is -2.39. The Morgan fingerprint density at radius 1 is 1.26 bits per heavy atom. The Bertz CT molecular complexity index is 605. The first-order valence-corrected chi connectivity index (χ1v) is 9.61. The topological polar surface area (TPSA) is 56.7 Å². The second kappa shape index (κ2) is 12.9. The molecular weight excluding hydrogens is 458 g/mol. The van der Waals surface area contributed by atoms with Gasteiger partial charge in [-0.1, -0.05) is 31.4 Å². The van der Waals surface area contributed by atoms with Crippen LogP contribution in [0.1, 0.15) is 44.6 Å². The van der Waals surface area contributed by atoms with Crippen LogP contribution in [0.2, 0.25) is 0 Å². The number of halogens is 2. The minimum Gasteiger partial charge on any atom is -0.357 e.